The van der Waals surface area contributed by atoms with Gasteiger partial charge in [-0.3, -0.25) is 0 Å². The van der Waals surface area contributed by atoms with Crippen LogP contribution in [0.2, 0.25) is 10.0 Å². The van der Waals surface area contributed by atoms with Crippen LogP contribution in [0, 0.1) is 5.92 Å². The maximum Gasteiger partial charge on any atom is 0.242 e. The summed E-state index contributed by atoms with van der Waals surface area (Å²) in [4.78, 5) is -0.0344. The number of benzene rings is 1. The van der Waals surface area contributed by atoms with Gasteiger partial charge in [0.15, 0.2) is 0 Å². The van der Waals surface area contributed by atoms with E-state index >= 15 is 0 Å². The Morgan fingerprint density at radius 3 is 2.67 bits per heavy atom. The average molecular weight is 312 g/mol. The number of nitrogens with one attached hydrogen (secondary N) is 1. The third-order valence-electron chi connectivity index (χ3n) is 2.45. The van der Waals surface area contributed by atoms with E-state index in [1.54, 1.807) is 0 Å². The van der Waals surface area contributed by atoms with Gasteiger partial charge in [0.2, 0.25) is 10.0 Å². The lowest BCUT2D eigenvalue weighted by Gasteiger charge is -2.12. The van der Waals surface area contributed by atoms with Crippen molar-refractivity contribution in [2.24, 2.45) is 5.92 Å². The van der Waals surface area contributed by atoms with E-state index in [1.807, 2.05) is 6.92 Å². The molecule has 1 unspecified atom stereocenters. The largest absolute Gasteiger partial charge is 0.396 e. The molecule has 2 N–H and O–H groups in total. The molecule has 0 aliphatic carbocycles. The number of hydrogen-bond acceptors (Lipinski definition) is 3. The van der Waals surface area contributed by atoms with Crippen LogP contribution in [0.1, 0.15) is 13.3 Å². The molecule has 7 heteroatoms. The molecular formula is C11H15Cl2NO3S. The van der Waals surface area contributed by atoms with E-state index in [2.05, 4.69) is 4.72 Å². The van der Waals surface area contributed by atoms with Crippen molar-refractivity contribution in [2.45, 2.75) is 18.2 Å². The fourth-order valence-corrected chi connectivity index (χ4v) is 3.27. The second-order valence-corrected chi connectivity index (χ2v) is 6.54. The van der Waals surface area contributed by atoms with Gasteiger partial charge < -0.3 is 5.11 Å². The van der Waals surface area contributed by atoms with E-state index in [0.29, 0.717) is 6.42 Å². The molecule has 0 amide bonds. The Kier molecular flexibility index (Phi) is 5.88. The average Bonchev–Trinajstić information content (AvgIpc) is 2.30. The molecule has 0 saturated carbocycles. The highest BCUT2D eigenvalue weighted by molar-refractivity contribution is 7.89. The van der Waals surface area contributed by atoms with Gasteiger partial charge in [0.05, 0.1) is 10.0 Å². The monoisotopic (exact) mass is 311 g/mol. The van der Waals surface area contributed by atoms with E-state index in [0.717, 1.165) is 0 Å². The summed E-state index contributed by atoms with van der Waals surface area (Å²) in [6, 6.07) is 4.45. The zero-order chi connectivity index (χ0) is 13.8. The lowest BCUT2D eigenvalue weighted by molar-refractivity contribution is 0.263. The summed E-state index contributed by atoms with van der Waals surface area (Å²) >= 11 is 11.6. The highest BCUT2D eigenvalue weighted by atomic mass is 35.5. The minimum Gasteiger partial charge on any atom is -0.396 e. The van der Waals surface area contributed by atoms with E-state index in [9.17, 15) is 8.42 Å². The van der Waals surface area contributed by atoms with Crippen LogP contribution in [0.4, 0.5) is 0 Å². The zero-order valence-electron chi connectivity index (χ0n) is 9.86. The van der Waals surface area contributed by atoms with Crippen molar-refractivity contribution in [2.75, 3.05) is 13.2 Å². The lowest BCUT2D eigenvalue weighted by atomic mass is 10.1. The maximum absolute atomic E-state index is 12.0. The minimum atomic E-state index is -3.67. The van der Waals surface area contributed by atoms with Crippen LogP contribution < -0.4 is 4.72 Å². The summed E-state index contributed by atoms with van der Waals surface area (Å²) in [6.45, 7) is 2.12. The smallest absolute Gasteiger partial charge is 0.242 e. The molecule has 0 radical (unpaired) electrons. The summed E-state index contributed by atoms with van der Waals surface area (Å²) < 4.78 is 26.4. The molecule has 102 valence electrons. The molecule has 0 fully saturated rings. The van der Waals surface area contributed by atoms with Crippen molar-refractivity contribution in [1.29, 1.82) is 0 Å². The molecule has 0 aliphatic heterocycles. The molecule has 1 atom stereocenters. The van der Waals surface area contributed by atoms with Gasteiger partial charge >= 0.3 is 0 Å². The highest BCUT2D eigenvalue weighted by Crippen LogP contribution is 2.28. The van der Waals surface area contributed by atoms with Crippen molar-refractivity contribution in [3.05, 3.63) is 28.2 Å². The van der Waals surface area contributed by atoms with Gasteiger partial charge in [-0.2, -0.15) is 0 Å². The standard InChI is InChI=1S/C11H15Cl2NO3S/c1-8(5-6-15)7-14-18(16,17)10-4-2-3-9(12)11(10)13/h2-4,8,14-15H,5-7H2,1H3. The molecule has 18 heavy (non-hydrogen) atoms. The van der Waals surface area contributed by atoms with E-state index in [1.165, 1.54) is 18.2 Å². The van der Waals surface area contributed by atoms with Crippen LogP contribution >= 0.6 is 23.2 Å². The number of hydrogen-bond donors (Lipinski definition) is 2. The SMILES string of the molecule is CC(CCO)CNS(=O)(=O)c1cccc(Cl)c1Cl. The first-order valence-corrected chi connectivity index (χ1v) is 7.67. The topological polar surface area (TPSA) is 66.4 Å². The maximum atomic E-state index is 12.0. The quantitative estimate of drug-likeness (QED) is 0.847. The van der Waals surface area contributed by atoms with Crippen LogP contribution in [0.15, 0.2) is 23.1 Å². The number of aliphatic hydroxyl groups excluding tert-OH is 1. The third kappa shape index (κ3) is 4.10. The molecule has 0 aliphatic rings. The molecule has 4 nitrogen and oxygen atoms in total. The summed E-state index contributed by atoms with van der Waals surface area (Å²) in [6.07, 6.45) is 0.534. The fraction of sp³-hybridized carbons (Fsp3) is 0.455. The fourth-order valence-electron chi connectivity index (χ4n) is 1.34. The van der Waals surface area contributed by atoms with Crippen LogP contribution in [-0.2, 0) is 10.0 Å². The molecule has 0 aromatic heterocycles. The zero-order valence-corrected chi connectivity index (χ0v) is 12.2. The predicted molar refractivity (Wildman–Crippen MR) is 72.5 cm³/mol. The minimum absolute atomic E-state index is 0.0153. The van der Waals surface area contributed by atoms with Gasteiger partial charge in [-0.15, -0.1) is 0 Å². The van der Waals surface area contributed by atoms with Crippen molar-refractivity contribution in [3.8, 4) is 0 Å². The van der Waals surface area contributed by atoms with Crippen LogP contribution in [0.3, 0.4) is 0 Å². The molecule has 1 aromatic rings. The second-order valence-electron chi connectivity index (χ2n) is 4.02. The van der Waals surface area contributed by atoms with Gasteiger partial charge in [-0.1, -0.05) is 36.2 Å². The highest BCUT2D eigenvalue weighted by Gasteiger charge is 2.19. The number of aliphatic hydroxyl groups is 1. The molecule has 0 spiro atoms. The van der Waals surface area contributed by atoms with Crippen LogP contribution in [-0.4, -0.2) is 26.7 Å². The van der Waals surface area contributed by atoms with Gasteiger partial charge in [0.1, 0.15) is 4.90 Å². The number of rotatable bonds is 6. The first-order chi connectivity index (χ1) is 8.38. The molecule has 1 aromatic carbocycles. The second kappa shape index (κ2) is 6.73. The summed E-state index contributed by atoms with van der Waals surface area (Å²) in [5.41, 5.74) is 0. The number of sulfonamides is 1. The molecule has 0 saturated heterocycles. The lowest BCUT2D eigenvalue weighted by Crippen LogP contribution is -2.29. The van der Waals surface area contributed by atoms with Gasteiger partial charge in [-0.25, -0.2) is 13.1 Å². The van der Waals surface area contributed by atoms with Gasteiger partial charge in [0.25, 0.3) is 0 Å². The summed E-state index contributed by atoms with van der Waals surface area (Å²) in [7, 11) is -3.67. The van der Waals surface area contributed by atoms with Crippen molar-refractivity contribution in [1.82, 2.24) is 4.72 Å². The van der Waals surface area contributed by atoms with Gasteiger partial charge in [-0.05, 0) is 24.5 Å². The summed E-state index contributed by atoms with van der Waals surface area (Å²) in [5.74, 6) is 0.0442. The Bertz CT molecular complexity index is 505. The molecule has 0 heterocycles. The molecule has 1 rings (SSSR count). The molecule has 0 bridgehead atoms. The Morgan fingerprint density at radius 1 is 1.39 bits per heavy atom. The summed E-state index contributed by atoms with van der Waals surface area (Å²) in [5, 5.41) is 8.96. The predicted octanol–water partition coefficient (Wildman–Crippen LogP) is 2.29. The Balaban J connectivity index is 2.84. The number of halogens is 2. The first-order valence-electron chi connectivity index (χ1n) is 5.43. The van der Waals surface area contributed by atoms with E-state index in [-0.39, 0.29) is 34.0 Å². The van der Waals surface area contributed by atoms with Crippen molar-refractivity contribution >= 4 is 33.2 Å². The first kappa shape index (κ1) is 15.7. The third-order valence-corrected chi connectivity index (χ3v) is 4.85. The Morgan fingerprint density at radius 2 is 2.06 bits per heavy atom. The molecular weight excluding hydrogens is 297 g/mol. The van der Waals surface area contributed by atoms with Gasteiger partial charge in [0, 0.05) is 13.2 Å². The van der Waals surface area contributed by atoms with E-state index < -0.39 is 10.0 Å². The van der Waals surface area contributed by atoms with Crippen molar-refractivity contribution < 1.29 is 13.5 Å². The van der Waals surface area contributed by atoms with Crippen LogP contribution in [0.25, 0.3) is 0 Å². The Labute approximate surface area is 117 Å². The van der Waals surface area contributed by atoms with Crippen molar-refractivity contribution in [3.63, 3.8) is 0 Å². The Hall–Kier alpha value is -0.330. The van der Waals surface area contributed by atoms with Crippen LogP contribution in [0.5, 0.6) is 0 Å². The van der Waals surface area contributed by atoms with E-state index in [4.69, 9.17) is 28.3 Å². The normalized spacial score (nSPS) is 13.6.